The molecule has 0 saturated carbocycles. The summed E-state index contributed by atoms with van der Waals surface area (Å²) in [7, 11) is 0. The molecule has 0 atom stereocenters. The van der Waals surface area contributed by atoms with E-state index in [0.717, 1.165) is 11.1 Å². The average Bonchev–Trinajstić information content (AvgIpc) is 2.64. The summed E-state index contributed by atoms with van der Waals surface area (Å²) in [6, 6.07) is 18.7. The molecule has 2 aromatic carbocycles. The topological polar surface area (TPSA) is 62.0 Å². The third kappa shape index (κ3) is 4.20. The third-order valence-corrected chi connectivity index (χ3v) is 3.85. The smallest absolute Gasteiger partial charge is 0.261 e. The van der Waals surface area contributed by atoms with E-state index in [0.29, 0.717) is 18.7 Å². The quantitative estimate of drug-likeness (QED) is 0.752. The number of carbonyl (C=O) groups excluding carboxylic acids is 1. The molecule has 25 heavy (non-hydrogen) atoms. The molecule has 126 valence electrons. The van der Waals surface area contributed by atoms with Crippen LogP contribution in [0.5, 0.6) is 0 Å². The first-order chi connectivity index (χ1) is 12.1. The van der Waals surface area contributed by atoms with E-state index in [4.69, 9.17) is 0 Å². The van der Waals surface area contributed by atoms with Crippen molar-refractivity contribution in [2.75, 3.05) is 6.54 Å². The van der Waals surface area contributed by atoms with Crippen LogP contribution in [0, 0.1) is 5.82 Å². The highest BCUT2D eigenvalue weighted by Gasteiger charge is 2.11. The molecule has 0 aliphatic rings. The van der Waals surface area contributed by atoms with Crippen LogP contribution in [0.15, 0.2) is 71.5 Å². The Kier molecular flexibility index (Phi) is 5.04. The van der Waals surface area contributed by atoms with E-state index < -0.39 is 11.5 Å². The fourth-order valence-electron chi connectivity index (χ4n) is 2.51. The Hall–Kier alpha value is -3.21. The number of H-pyrrole nitrogens is 1. The van der Waals surface area contributed by atoms with Crippen molar-refractivity contribution in [2.45, 2.75) is 6.42 Å². The normalized spacial score (nSPS) is 10.4. The van der Waals surface area contributed by atoms with E-state index in [1.807, 2.05) is 30.3 Å². The largest absolute Gasteiger partial charge is 0.352 e. The predicted molar refractivity (Wildman–Crippen MR) is 94.9 cm³/mol. The van der Waals surface area contributed by atoms with Crippen molar-refractivity contribution in [3.05, 3.63) is 94.0 Å². The number of hydrogen-bond acceptors (Lipinski definition) is 2. The van der Waals surface area contributed by atoms with Gasteiger partial charge in [0.15, 0.2) is 0 Å². The van der Waals surface area contributed by atoms with Crippen molar-refractivity contribution in [3.63, 3.8) is 0 Å². The van der Waals surface area contributed by atoms with Crippen molar-refractivity contribution in [1.82, 2.24) is 10.3 Å². The van der Waals surface area contributed by atoms with Gasteiger partial charge in [-0.25, -0.2) is 4.39 Å². The van der Waals surface area contributed by atoms with Gasteiger partial charge in [-0.05, 0) is 41.8 Å². The first kappa shape index (κ1) is 16.6. The second-order valence-corrected chi connectivity index (χ2v) is 5.61. The molecule has 0 radical (unpaired) electrons. The van der Waals surface area contributed by atoms with Gasteiger partial charge in [0.25, 0.3) is 11.5 Å². The van der Waals surface area contributed by atoms with E-state index >= 15 is 0 Å². The lowest BCUT2D eigenvalue weighted by Crippen LogP contribution is -2.31. The van der Waals surface area contributed by atoms with E-state index in [2.05, 4.69) is 10.3 Å². The molecule has 2 N–H and O–H groups in total. The Morgan fingerprint density at radius 2 is 1.68 bits per heavy atom. The van der Waals surface area contributed by atoms with Crippen LogP contribution >= 0.6 is 0 Å². The predicted octanol–water partition coefficient (Wildman–Crippen LogP) is 3.15. The molecule has 0 aliphatic heterocycles. The molecule has 3 aromatic rings. The summed E-state index contributed by atoms with van der Waals surface area (Å²) in [4.78, 5) is 27.1. The highest BCUT2D eigenvalue weighted by Crippen LogP contribution is 2.14. The number of carbonyl (C=O) groups is 1. The minimum Gasteiger partial charge on any atom is -0.352 e. The van der Waals surface area contributed by atoms with Gasteiger partial charge >= 0.3 is 0 Å². The molecular formula is C20H17FN2O2. The summed E-state index contributed by atoms with van der Waals surface area (Å²) in [6.45, 7) is 0.365. The van der Waals surface area contributed by atoms with Crippen LogP contribution in [0.2, 0.25) is 0 Å². The molecule has 0 bridgehead atoms. The zero-order valence-electron chi connectivity index (χ0n) is 13.5. The molecule has 0 aliphatic carbocycles. The number of benzene rings is 2. The maximum Gasteiger partial charge on any atom is 0.261 e. The minimum absolute atomic E-state index is 0.0683. The van der Waals surface area contributed by atoms with Crippen LogP contribution in [0.4, 0.5) is 4.39 Å². The van der Waals surface area contributed by atoms with E-state index in [-0.39, 0.29) is 11.4 Å². The van der Waals surface area contributed by atoms with Gasteiger partial charge in [0, 0.05) is 12.2 Å². The standard InChI is InChI=1S/C20H17FN2O2/c21-16-8-6-14(7-9-16)12-13-22-19(24)17-10-11-18(23-20(17)25)15-4-2-1-3-5-15/h1-11H,12-13H2,(H,22,24)(H,23,25). The summed E-state index contributed by atoms with van der Waals surface area (Å²) in [5.74, 6) is -0.721. The van der Waals surface area contributed by atoms with Gasteiger partial charge in [-0.3, -0.25) is 9.59 Å². The van der Waals surface area contributed by atoms with E-state index in [9.17, 15) is 14.0 Å². The summed E-state index contributed by atoms with van der Waals surface area (Å²) in [6.07, 6.45) is 0.562. The van der Waals surface area contributed by atoms with Crippen LogP contribution in [-0.4, -0.2) is 17.4 Å². The first-order valence-corrected chi connectivity index (χ1v) is 7.95. The zero-order valence-corrected chi connectivity index (χ0v) is 13.5. The van der Waals surface area contributed by atoms with Crippen LogP contribution in [0.1, 0.15) is 15.9 Å². The lowest BCUT2D eigenvalue weighted by molar-refractivity contribution is 0.0952. The second-order valence-electron chi connectivity index (χ2n) is 5.61. The van der Waals surface area contributed by atoms with Crippen molar-refractivity contribution in [1.29, 1.82) is 0 Å². The SMILES string of the molecule is O=C(NCCc1ccc(F)cc1)c1ccc(-c2ccccc2)[nH]c1=O. The number of hydrogen-bond donors (Lipinski definition) is 2. The third-order valence-electron chi connectivity index (χ3n) is 3.85. The Morgan fingerprint density at radius 1 is 0.960 bits per heavy atom. The molecule has 0 fully saturated rings. The minimum atomic E-state index is -0.430. The van der Waals surface area contributed by atoms with Gasteiger partial charge in [-0.1, -0.05) is 42.5 Å². The number of rotatable bonds is 5. The molecular weight excluding hydrogens is 319 g/mol. The summed E-state index contributed by atoms with van der Waals surface area (Å²) in [5.41, 5.74) is 2.09. The number of pyridine rings is 1. The van der Waals surface area contributed by atoms with Crippen molar-refractivity contribution >= 4 is 5.91 Å². The lowest BCUT2D eigenvalue weighted by atomic mass is 10.1. The Bertz CT molecular complexity index is 918. The zero-order chi connectivity index (χ0) is 17.6. The van der Waals surface area contributed by atoms with Crippen LogP contribution < -0.4 is 10.9 Å². The van der Waals surface area contributed by atoms with Gasteiger partial charge in [-0.2, -0.15) is 0 Å². The number of amides is 1. The molecule has 5 heteroatoms. The molecule has 0 saturated heterocycles. The molecule has 1 aromatic heterocycles. The molecule has 4 nitrogen and oxygen atoms in total. The number of aromatic amines is 1. The van der Waals surface area contributed by atoms with Gasteiger partial charge in [0.1, 0.15) is 11.4 Å². The Labute approximate surface area is 144 Å². The Morgan fingerprint density at radius 3 is 2.36 bits per heavy atom. The van der Waals surface area contributed by atoms with E-state index in [1.54, 1.807) is 18.2 Å². The number of halogens is 1. The van der Waals surface area contributed by atoms with Gasteiger partial charge in [0.05, 0.1) is 0 Å². The van der Waals surface area contributed by atoms with Crippen molar-refractivity contribution < 1.29 is 9.18 Å². The van der Waals surface area contributed by atoms with Crippen molar-refractivity contribution in [2.24, 2.45) is 0 Å². The van der Waals surface area contributed by atoms with Crippen LogP contribution in [0.3, 0.4) is 0 Å². The number of aromatic nitrogens is 1. The van der Waals surface area contributed by atoms with Crippen molar-refractivity contribution in [3.8, 4) is 11.3 Å². The summed E-state index contributed by atoms with van der Waals surface area (Å²) >= 11 is 0. The number of nitrogens with one attached hydrogen (secondary N) is 2. The van der Waals surface area contributed by atoms with E-state index in [1.165, 1.54) is 18.2 Å². The van der Waals surface area contributed by atoms with Gasteiger partial charge < -0.3 is 10.3 Å². The maximum absolute atomic E-state index is 12.9. The highest BCUT2D eigenvalue weighted by molar-refractivity contribution is 5.94. The Balaban J connectivity index is 1.64. The van der Waals surface area contributed by atoms with Gasteiger partial charge in [0.2, 0.25) is 0 Å². The second kappa shape index (κ2) is 7.57. The molecule has 0 unspecified atom stereocenters. The van der Waals surface area contributed by atoms with Crippen LogP contribution in [0.25, 0.3) is 11.3 Å². The maximum atomic E-state index is 12.9. The molecule has 1 heterocycles. The molecule has 0 spiro atoms. The fraction of sp³-hybridized carbons (Fsp3) is 0.100. The lowest BCUT2D eigenvalue weighted by Gasteiger charge is -2.06. The first-order valence-electron chi connectivity index (χ1n) is 7.95. The average molecular weight is 336 g/mol. The summed E-state index contributed by atoms with van der Waals surface area (Å²) < 4.78 is 12.9. The monoisotopic (exact) mass is 336 g/mol. The van der Waals surface area contributed by atoms with Gasteiger partial charge in [-0.15, -0.1) is 0 Å². The van der Waals surface area contributed by atoms with Crippen LogP contribution in [-0.2, 0) is 6.42 Å². The summed E-state index contributed by atoms with van der Waals surface area (Å²) in [5, 5.41) is 2.71. The fourth-order valence-corrected chi connectivity index (χ4v) is 2.51. The molecule has 3 rings (SSSR count). The molecule has 1 amide bonds. The highest BCUT2D eigenvalue weighted by atomic mass is 19.1.